The molecule has 1 atom stereocenters. The molecular weight excluding hydrogens is 356 g/mol. The van der Waals surface area contributed by atoms with Gasteiger partial charge in [0, 0.05) is 33.9 Å². The highest BCUT2D eigenvalue weighted by Crippen LogP contribution is 2.43. The van der Waals surface area contributed by atoms with Crippen molar-refractivity contribution < 1.29 is 4.79 Å². The Morgan fingerprint density at radius 2 is 1.69 bits per heavy atom. The lowest BCUT2D eigenvalue weighted by molar-refractivity contribution is -0.114. The second-order valence-corrected chi connectivity index (χ2v) is 7.51. The van der Waals surface area contributed by atoms with Crippen LogP contribution in [0, 0.1) is 6.92 Å². The number of hydrogen-bond donors (Lipinski definition) is 1. The second kappa shape index (κ2) is 7.10. The van der Waals surface area contributed by atoms with E-state index in [4.69, 9.17) is 0 Å². The molecule has 0 spiro atoms. The predicted molar refractivity (Wildman–Crippen MR) is 119 cm³/mol. The van der Waals surface area contributed by atoms with Gasteiger partial charge in [-0.25, -0.2) is 0 Å². The van der Waals surface area contributed by atoms with Gasteiger partial charge in [0.25, 0.3) is 5.91 Å². The lowest BCUT2D eigenvalue weighted by Gasteiger charge is -2.25. The number of H-pyrrole nitrogens is 1. The highest BCUT2D eigenvalue weighted by molar-refractivity contribution is 6.06. The molecule has 0 saturated heterocycles. The van der Waals surface area contributed by atoms with Crippen molar-refractivity contribution in [1.29, 1.82) is 0 Å². The highest BCUT2D eigenvalue weighted by atomic mass is 16.2. The van der Waals surface area contributed by atoms with Crippen LogP contribution in [0.2, 0.25) is 0 Å². The summed E-state index contributed by atoms with van der Waals surface area (Å²) < 4.78 is 0. The summed E-state index contributed by atoms with van der Waals surface area (Å²) in [6.07, 6.45) is 4.40. The minimum absolute atomic E-state index is 0.00786. The van der Waals surface area contributed by atoms with Crippen LogP contribution in [0.25, 0.3) is 17.0 Å². The normalized spacial score (nSPS) is 15.9. The van der Waals surface area contributed by atoms with Gasteiger partial charge in [0.15, 0.2) is 0 Å². The largest absolute Gasteiger partial charge is 0.358 e. The number of amides is 1. The van der Waals surface area contributed by atoms with E-state index < -0.39 is 0 Å². The van der Waals surface area contributed by atoms with E-state index in [0.29, 0.717) is 0 Å². The Kier molecular flexibility index (Phi) is 4.28. The smallest absolute Gasteiger partial charge is 0.251 e. The molecular formula is C26H22N2O. The van der Waals surface area contributed by atoms with Crippen LogP contribution in [-0.2, 0) is 11.2 Å². The van der Waals surface area contributed by atoms with Crippen molar-refractivity contribution in [3.63, 3.8) is 0 Å². The van der Waals surface area contributed by atoms with Gasteiger partial charge in [-0.15, -0.1) is 0 Å². The number of hydrogen-bond acceptors (Lipinski definition) is 1. The van der Waals surface area contributed by atoms with Crippen LogP contribution < -0.4 is 4.90 Å². The first-order chi connectivity index (χ1) is 14.2. The molecule has 1 amide bonds. The Balaban J connectivity index is 1.59. The molecule has 142 valence electrons. The molecule has 3 heteroatoms. The summed E-state index contributed by atoms with van der Waals surface area (Å²) >= 11 is 0. The summed E-state index contributed by atoms with van der Waals surface area (Å²) in [4.78, 5) is 18.8. The van der Waals surface area contributed by atoms with Crippen LogP contribution in [0.4, 0.5) is 5.69 Å². The molecule has 1 unspecified atom stereocenters. The number of nitrogens with zero attached hydrogens (tertiary/aromatic N) is 1. The van der Waals surface area contributed by atoms with Gasteiger partial charge in [-0.2, -0.15) is 0 Å². The summed E-state index contributed by atoms with van der Waals surface area (Å²) in [7, 11) is 0. The van der Waals surface area contributed by atoms with Crippen molar-refractivity contribution in [3.05, 3.63) is 107 Å². The summed E-state index contributed by atoms with van der Waals surface area (Å²) in [6, 6.07) is 26.5. The zero-order valence-corrected chi connectivity index (χ0v) is 16.3. The van der Waals surface area contributed by atoms with Crippen LogP contribution >= 0.6 is 0 Å². The first-order valence-electron chi connectivity index (χ1n) is 9.94. The van der Waals surface area contributed by atoms with E-state index in [1.807, 2.05) is 65.6 Å². The maximum Gasteiger partial charge on any atom is 0.251 e. The van der Waals surface area contributed by atoms with Gasteiger partial charge in [-0.05, 0) is 42.7 Å². The van der Waals surface area contributed by atoms with Crippen molar-refractivity contribution in [2.24, 2.45) is 0 Å². The highest BCUT2D eigenvalue weighted by Gasteiger charge is 2.35. The van der Waals surface area contributed by atoms with E-state index in [2.05, 4.69) is 36.2 Å². The fourth-order valence-corrected chi connectivity index (χ4v) is 4.43. The van der Waals surface area contributed by atoms with E-state index >= 15 is 0 Å². The zero-order valence-electron chi connectivity index (χ0n) is 16.3. The number of rotatable bonds is 3. The average molecular weight is 378 g/mol. The first kappa shape index (κ1) is 17.5. The lowest BCUT2D eigenvalue weighted by Crippen LogP contribution is -2.31. The SMILES string of the molecule is Cc1[nH]c2ccccc2c1C1Cc2ccccc2N1C(=O)C=Cc1ccccc1. The molecule has 0 radical (unpaired) electrons. The third-order valence-corrected chi connectivity index (χ3v) is 5.71. The van der Waals surface area contributed by atoms with E-state index in [1.54, 1.807) is 6.08 Å². The molecule has 1 aliphatic heterocycles. The van der Waals surface area contributed by atoms with E-state index in [1.165, 1.54) is 16.5 Å². The zero-order chi connectivity index (χ0) is 19.8. The number of anilines is 1. The first-order valence-corrected chi connectivity index (χ1v) is 9.94. The molecule has 29 heavy (non-hydrogen) atoms. The van der Waals surface area contributed by atoms with Crippen molar-refractivity contribution in [2.75, 3.05) is 4.90 Å². The fourth-order valence-electron chi connectivity index (χ4n) is 4.43. The summed E-state index contributed by atoms with van der Waals surface area (Å²) in [5, 5.41) is 1.19. The summed E-state index contributed by atoms with van der Waals surface area (Å²) in [6.45, 7) is 2.10. The number of aromatic amines is 1. The molecule has 0 aliphatic carbocycles. The number of nitrogens with one attached hydrogen (secondary N) is 1. The van der Waals surface area contributed by atoms with Gasteiger partial charge in [-0.1, -0.05) is 66.7 Å². The monoisotopic (exact) mass is 378 g/mol. The van der Waals surface area contributed by atoms with E-state index in [0.717, 1.165) is 28.9 Å². The molecule has 2 heterocycles. The van der Waals surface area contributed by atoms with Crippen molar-refractivity contribution in [3.8, 4) is 0 Å². The van der Waals surface area contributed by atoms with Crippen molar-refractivity contribution in [1.82, 2.24) is 4.98 Å². The molecule has 5 rings (SSSR count). The number of aryl methyl sites for hydroxylation is 1. The van der Waals surface area contributed by atoms with Gasteiger partial charge < -0.3 is 9.88 Å². The van der Waals surface area contributed by atoms with Crippen molar-refractivity contribution in [2.45, 2.75) is 19.4 Å². The third kappa shape index (κ3) is 3.05. The molecule has 0 bridgehead atoms. The molecule has 1 aromatic heterocycles. The van der Waals surface area contributed by atoms with Gasteiger partial charge >= 0.3 is 0 Å². The maximum absolute atomic E-state index is 13.4. The summed E-state index contributed by atoms with van der Waals surface area (Å²) in [5.74, 6) is 0.00786. The second-order valence-electron chi connectivity index (χ2n) is 7.51. The van der Waals surface area contributed by atoms with Gasteiger partial charge in [-0.3, -0.25) is 4.79 Å². The van der Waals surface area contributed by atoms with Crippen LogP contribution in [-0.4, -0.2) is 10.9 Å². The number of carbonyl (C=O) groups is 1. The average Bonchev–Trinajstić information content (AvgIpc) is 3.29. The molecule has 0 saturated carbocycles. The van der Waals surface area contributed by atoms with Gasteiger partial charge in [0.1, 0.15) is 0 Å². The van der Waals surface area contributed by atoms with Crippen LogP contribution in [0.15, 0.2) is 84.9 Å². The third-order valence-electron chi connectivity index (χ3n) is 5.71. The summed E-state index contributed by atoms with van der Waals surface area (Å²) in [5.41, 5.74) is 6.68. The topological polar surface area (TPSA) is 36.1 Å². The fraction of sp³-hybridized carbons (Fsp3) is 0.115. The molecule has 0 fully saturated rings. The minimum atomic E-state index is -0.0172. The number of aromatic nitrogens is 1. The molecule has 4 aromatic rings. The minimum Gasteiger partial charge on any atom is -0.358 e. The Hall–Kier alpha value is -3.59. The predicted octanol–water partition coefficient (Wildman–Crippen LogP) is 5.82. The van der Waals surface area contributed by atoms with Crippen LogP contribution in [0.1, 0.15) is 28.4 Å². The van der Waals surface area contributed by atoms with E-state index in [9.17, 15) is 4.79 Å². The number of fused-ring (bicyclic) bond motifs is 2. The van der Waals surface area contributed by atoms with Gasteiger partial charge in [0.2, 0.25) is 0 Å². The van der Waals surface area contributed by atoms with Crippen molar-refractivity contribution >= 4 is 28.6 Å². The standard InChI is InChI=1S/C26H22N2O/c1-18-26(21-12-6-7-13-22(21)27-18)24-17-20-11-5-8-14-23(20)28(24)25(29)16-15-19-9-3-2-4-10-19/h2-16,24,27H,17H2,1H3. The molecule has 3 aromatic carbocycles. The maximum atomic E-state index is 13.4. The number of carbonyl (C=O) groups excluding carboxylic acids is 1. The van der Waals surface area contributed by atoms with E-state index in [-0.39, 0.29) is 11.9 Å². The Morgan fingerprint density at radius 3 is 2.55 bits per heavy atom. The number of para-hydroxylation sites is 2. The molecule has 1 aliphatic rings. The Morgan fingerprint density at radius 1 is 0.966 bits per heavy atom. The van der Waals surface area contributed by atoms with Crippen LogP contribution in [0.5, 0.6) is 0 Å². The number of benzene rings is 3. The van der Waals surface area contributed by atoms with Gasteiger partial charge in [0.05, 0.1) is 6.04 Å². The quantitative estimate of drug-likeness (QED) is 0.448. The van der Waals surface area contributed by atoms with Crippen LogP contribution in [0.3, 0.4) is 0 Å². The Bertz CT molecular complexity index is 1220. The molecule has 3 nitrogen and oxygen atoms in total. The lowest BCUT2D eigenvalue weighted by atomic mass is 9.99. The Labute approximate surface area is 170 Å². The molecule has 1 N–H and O–H groups in total.